The molecule has 0 amide bonds. The monoisotopic (exact) mass is 236 g/mol. The summed E-state index contributed by atoms with van der Waals surface area (Å²) in [4.78, 5) is -0.0295. The quantitative estimate of drug-likeness (QED) is 0.806. The van der Waals surface area contributed by atoms with Crippen LogP contribution in [0.2, 0.25) is 0 Å². The molecule has 0 aliphatic rings. The summed E-state index contributed by atoms with van der Waals surface area (Å²) in [6.07, 6.45) is 1.01. The minimum absolute atomic E-state index is 0.0295. The molecule has 1 rings (SSSR count). The Kier molecular flexibility index (Phi) is 3.28. The molecule has 0 saturated carbocycles. The number of aryl methyl sites for hydroxylation is 1. The second-order valence-electron chi connectivity index (χ2n) is 3.13. The van der Waals surface area contributed by atoms with Gasteiger partial charge in [0.25, 0.3) is 0 Å². The topological polar surface area (TPSA) is 43.4 Å². The zero-order valence-electron chi connectivity index (χ0n) is 8.20. The summed E-state index contributed by atoms with van der Waals surface area (Å²) in [5, 5.41) is 0. The van der Waals surface area contributed by atoms with Crippen LogP contribution in [0.25, 0.3) is 0 Å². The SMILES string of the molecule is Cc1cc(OC(F)F)cc(S(C)(=O)=O)c1. The highest BCUT2D eigenvalue weighted by Gasteiger charge is 2.11. The van der Waals surface area contributed by atoms with Crippen LogP contribution in [0.3, 0.4) is 0 Å². The number of sulfone groups is 1. The van der Waals surface area contributed by atoms with Crippen LogP contribution in [0.4, 0.5) is 8.78 Å². The first-order valence-electron chi connectivity index (χ1n) is 4.05. The van der Waals surface area contributed by atoms with Crippen LogP contribution in [-0.4, -0.2) is 21.3 Å². The third-order valence-corrected chi connectivity index (χ3v) is 2.77. The van der Waals surface area contributed by atoms with Crippen LogP contribution in [0.15, 0.2) is 23.1 Å². The molecule has 0 aromatic heterocycles. The van der Waals surface area contributed by atoms with Gasteiger partial charge in [0.15, 0.2) is 9.84 Å². The third-order valence-electron chi connectivity index (χ3n) is 1.68. The van der Waals surface area contributed by atoms with E-state index in [0.717, 1.165) is 12.3 Å². The molecule has 0 spiro atoms. The van der Waals surface area contributed by atoms with E-state index in [1.807, 2.05) is 0 Å². The van der Waals surface area contributed by atoms with Crippen LogP contribution in [0.5, 0.6) is 5.75 Å². The summed E-state index contributed by atoms with van der Waals surface area (Å²) < 4.78 is 50.3. The molecule has 0 N–H and O–H groups in total. The number of hydrogen-bond acceptors (Lipinski definition) is 3. The molecule has 0 bridgehead atoms. The van der Waals surface area contributed by atoms with E-state index in [0.29, 0.717) is 5.56 Å². The Labute approximate surface area is 86.6 Å². The molecule has 6 heteroatoms. The van der Waals surface area contributed by atoms with E-state index in [1.54, 1.807) is 6.92 Å². The number of benzene rings is 1. The highest BCUT2D eigenvalue weighted by molar-refractivity contribution is 7.90. The average Bonchev–Trinajstić information content (AvgIpc) is 1.99. The second-order valence-corrected chi connectivity index (χ2v) is 5.15. The Bertz CT molecular complexity index is 454. The van der Waals surface area contributed by atoms with Crippen LogP contribution < -0.4 is 4.74 Å². The molecule has 0 atom stereocenters. The van der Waals surface area contributed by atoms with Gasteiger partial charge in [-0.05, 0) is 30.7 Å². The number of halogens is 2. The van der Waals surface area contributed by atoms with Gasteiger partial charge < -0.3 is 4.74 Å². The van der Waals surface area contributed by atoms with Gasteiger partial charge >= 0.3 is 6.61 Å². The summed E-state index contributed by atoms with van der Waals surface area (Å²) in [6, 6.07) is 3.82. The van der Waals surface area contributed by atoms with Gasteiger partial charge in [-0.1, -0.05) is 0 Å². The van der Waals surface area contributed by atoms with Crippen molar-refractivity contribution >= 4 is 9.84 Å². The van der Waals surface area contributed by atoms with E-state index >= 15 is 0 Å². The van der Waals surface area contributed by atoms with Gasteiger partial charge in [-0.3, -0.25) is 0 Å². The first-order valence-corrected chi connectivity index (χ1v) is 5.95. The molecular formula is C9H10F2O3S. The number of alkyl halides is 2. The largest absolute Gasteiger partial charge is 0.435 e. The van der Waals surface area contributed by atoms with Crippen LogP contribution in [0, 0.1) is 6.92 Å². The van der Waals surface area contributed by atoms with Crippen molar-refractivity contribution < 1.29 is 21.9 Å². The lowest BCUT2D eigenvalue weighted by Crippen LogP contribution is -2.04. The highest BCUT2D eigenvalue weighted by atomic mass is 32.2. The summed E-state index contributed by atoms with van der Waals surface area (Å²) in [7, 11) is -3.41. The average molecular weight is 236 g/mol. The van der Waals surface area contributed by atoms with E-state index in [2.05, 4.69) is 4.74 Å². The molecule has 3 nitrogen and oxygen atoms in total. The highest BCUT2D eigenvalue weighted by Crippen LogP contribution is 2.21. The van der Waals surface area contributed by atoms with Crippen molar-refractivity contribution in [2.45, 2.75) is 18.4 Å². The predicted octanol–water partition coefficient (Wildman–Crippen LogP) is 2.00. The van der Waals surface area contributed by atoms with E-state index < -0.39 is 16.4 Å². The Morgan fingerprint density at radius 2 is 1.87 bits per heavy atom. The maximum Gasteiger partial charge on any atom is 0.387 e. The Morgan fingerprint density at radius 1 is 1.27 bits per heavy atom. The van der Waals surface area contributed by atoms with Crippen molar-refractivity contribution in [1.82, 2.24) is 0 Å². The molecule has 0 saturated heterocycles. The maximum absolute atomic E-state index is 11.9. The number of rotatable bonds is 3. The minimum atomic E-state index is -3.41. The van der Waals surface area contributed by atoms with Gasteiger partial charge in [0.05, 0.1) is 4.90 Å². The smallest absolute Gasteiger partial charge is 0.387 e. The summed E-state index contributed by atoms with van der Waals surface area (Å²) in [5.41, 5.74) is 0.550. The molecule has 1 aromatic carbocycles. The van der Waals surface area contributed by atoms with Gasteiger partial charge in [0.2, 0.25) is 0 Å². The molecule has 0 aliphatic heterocycles. The Hall–Kier alpha value is -1.17. The molecule has 0 aliphatic carbocycles. The standard InChI is InChI=1S/C9H10F2O3S/c1-6-3-7(14-9(10)11)5-8(4-6)15(2,12)13/h3-5,9H,1-2H3. The third kappa shape index (κ3) is 3.47. The summed E-state index contributed by atoms with van der Waals surface area (Å²) in [6.45, 7) is -1.35. The lowest BCUT2D eigenvalue weighted by molar-refractivity contribution is -0.0500. The van der Waals surface area contributed by atoms with E-state index in [-0.39, 0.29) is 10.6 Å². The fraction of sp³-hybridized carbons (Fsp3) is 0.333. The Balaban J connectivity index is 3.17. The molecule has 84 valence electrons. The van der Waals surface area contributed by atoms with Crippen molar-refractivity contribution in [2.24, 2.45) is 0 Å². The summed E-state index contributed by atoms with van der Waals surface area (Å²) in [5.74, 6) is -0.148. The lowest BCUT2D eigenvalue weighted by Gasteiger charge is -2.07. The van der Waals surface area contributed by atoms with Gasteiger partial charge in [-0.25, -0.2) is 8.42 Å². The van der Waals surface area contributed by atoms with Crippen LogP contribution >= 0.6 is 0 Å². The molecule has 0 unspecified atom stereocenters. The Morgan fingerprint density at radius 3 is 2.33 bits per heavy atom. The maximum atomic E-state index is 11.9. The fourth-order valence-corrected chi connectivity index (χ4v) is 1.83. The normalized spacial score (nSPS) is 11.8. The van der Waals surface area contributed by atoms with Gasteiger partial charge in [0.1, 0.15) is 5.75 Å². The number of hydrogen-bond donors (Lipinski definition) is 0. The van der Waals surface area contributed by atoms with Gasteiger partial charge in [0, 0.05) is 6.26 Å². The first kappa shape index (κ1) is 11.9. The van der Waals surface area contributed by atoms with Crippen molar-refractivity contribution in [3.63, 3.8) is 0 Å². The molecule has 0 fully saturated rings. The van der Waals surface area contributed by atoms with E-state index in [4.69, 9.17) is 0 Å². The second kappa shape index (κ2) is 4.14. The van der Waals surface area contributed by atoms with E-state index in [9.17, 15) is 17.2 Å². The van der Waals surface area contributed by atoms with Gasteiger partial charge in [-0.15, -0.1) is 0 Å². The van der Waals surface area contributed by atoms with Crippen molar-refractivity contribution in [3.05, 3.63) is 23.8 Å². The van der Waals surface area contributed by atoms with Gasteiger partial charge in [-0.2, -0.15) is 8.78 Å². The van der Waals surface area contributed by atoms with Crippen LogP contribution in [0.1, 0.15) is 5.56 Å². The summed E-state index contributed by atoms with van der Waals surface area (Å²) >= 11 is 0. The molecule has 0 radical (unpaired) electrons. The van der Waals surface area contributed by atoms with Crippen molar-refractivity contribution in [1.29, 1.82) is 0 Å². The van der Waals surface area contributed by atoms with Crippen LogP contribution in [-0.2, 0) is 9.84 Å². The molecule has 1 aromatic rings. The fourth-order valence-electron chi connectivity index (χ4n) is 1.10. The zero-order valence-corrected chi connectivity index (χ0v) is 9.01. The lowest BCUT2D eigenvalue weighted by atomic mass is 10.2. The molecular weight excluding hydrogens is 226 g/mol. The molecule has 15 heavy (non-hydrogen) atoms. The predicted molar refractivity (Wildman–Crippen MR) is 50.9 cm³/mol. The molecule has 0 heterocycles. The minimum Gasteiger partial charge on any atom is -0.435 e. The van der Waals surface area contributed by atoms with E-state index in [1.165, 1.54) is 12.1 Å². The van der Waals surface area contributed by atoms with Crippen molar-refractivity contribution in [3.8, 4) is 5.75 Å². The van der Waals surface area contributed by atoms with Crippen molar-refractivity contribution in [2.75, 3.05) is 6.26 Å². The zero-order chi connectivity index (χ0) is 11.6. The number of ether oxygens (including phenoxy) is 1. The first-order chi connectivity index (χ1) is 6.79.